The molecule has 124 valence electrons. The summed E-state index contributed by atoms with van der Waals surface area (Å²) in [6, 6.07) is 17.3. The van der Waals surface area contributed by atoms with Gasteiger partial charge in [0, 0.05) is 10.7 Å². The first-order chi connectivity index (χ1) is 12.1. The van der Waals surface area contributed by atoms with Crippen LogP contribution >= 0.6 is 34.3 Å². The Morgan fingerprint density at radius 1 is 1.04 bits per heavy atom. The molecule has 0 saturated carbocycles. The number of anilines is 1. The average molecular weight is 385 g/mol. The molecule has 25 heavy (non-hydrogen) atoms. The van der Waals surface area contributed by atoms with Crippen LogP contribution in [0.25, 0.3) is 20.1 Å². The predicted molar refractivity (Wildman–Crippen MR) is 107 cm³/mol. The standard InChI is InChI=1S/C19H13ClN2OS2/c1-11-12(20)5-4-7-13(11)21-18(23)16-9-10-17(24-16)19-22-14-6-2-3-8-15(14)25-19/h2-10H,1H3,(H,21,23). The molecule has 1 N–H and O–H groups in total. The van der Waals surface area contributed by atoms with E-state index in [-0.39, 0.29) is 5.91 Å². The molecular weight excluding hydrogens is 372 g/mol. The molecule has 0 atom stereocenters. The van der Waals surface area contributed by atoms with Gasteiger partial charge < -0.3 is 5.32 Å². The fourth-order valence-corrected chi connectivity index (χ4v) is 4.58. The fourth-order valence-electron chi connectivity index (χ4n) is 2.48. The third kappa shape index (κ3) is 3.18. The number of carbonyl (C=O) groups excluding carboxylic acids is 1. The number of nitrogens with one attached hydrogen (secondary N) is 1. The molecule has 0 aliphatic carbocycles. The summed E-state index contributed by atoms with van der Waals surface area (Å²) in [6.07, 6.45) is 0. The summed E-state index contributed by atoms with van der Waals surface area (Å²) in [7, 11) is 0. The smallest absolute Gasteiger partial charge is 0.265 e. The van der Waals surface area contributed by atoms with Crippen molar-refractivity contribution in [3.63, 3.8) is 0 Å². The monoisotopic (exact) mass is 384 g/mol. The van der Waals surface area contributed by atoms with Gasteiger partial charge in [-0.05, 0) is 48.9 Å². The van der Waals surface area contributed by atoms with Crippen LogP contribution in [0.15, 0.2) is 54.6 Å². The van der Waals surface area contributed by atoms with Crippen LogP contribution in [-0.4, -0.2) is 10.9 Å². The quantitative estimate of drug-likeness (QED) is 0.454. The van der Waals surface area contributed by atoms with Crippen molar-refractivity contribution in [1.29, 1.82) is 0 Å². The Hall–Kier alpha value is -2.21. The van der Waals surface area contributed by atoms with E-state index < -0.39 is 0 Å². The third-order valence-electron chi connectivity index (χ3n) is 3.85. The second kappa shape index (κ2) is 6.59. The fraction of sp³-hybridized carbons (Fsp3) is 0.0526. The summed E-state index contributed by atoms with van der Waals surface area (Å²) in [5.74, 6) is -0.136. The first-order valence-electron chi connectivity index (χ1n) is 7.64. The van der Waals surface area contributed by atoms with Gasteiger partial charge in [0.2, 0.25) is 0 Å². The van der Waals surface area contributed by atoms with Crippen LogP contribution in [0.1, 0.15) is 15.2 Å². The van der Waals surface area contributed by atoms with Crippen LogP contribution in [0.5, 0.6) is 0 Å². The Bertz CT molecular complexity index is 1050. The number of carbonyl (C=O) groups is 1. The normalized spacial score (nSPS) is 11.0. The Morgan fingerprint density at radius 2 is 1.88 bits per heavy atom. The van der Waals surface area contributed by atoms with E-state index in [4.69, 9.17) is 11.6 Å². The topological polar surface area (TPSA) is 42.0 Å². The van der Waals surface area contributed by atoms with Crippen molar-refractivity contribution in [3.05, 3.63) is 70.1 Å². The van der Waals surface area contributed by atoms with Gasteiger partial charge in [0.1, 0.15) is 5.01 Å². The maximum absolute atomic E-state index is 12.5. The van der Waals surface area contributed by atoms with Gasteiger partial charge in [-0.1, -0.05) is 29.8 Å². The highest BCUT2D eigenvalue weighted by molar-refractivity contribution is 7.26. The van der Waals surface area contributed by atoms with Crippen LogP contribution in [0.4, 0.5) is 5.69 Å². The minimum Gasteiger partial charge on any atom is -0.321 e. The van der Waals surface area contributed by atoms with Crippen molar-refractivity contribution in [2.45, 2.75) is 6.92 Å². The summed E-state index contributed by atoms with van der Waals surface area (Å²) < 4.78 is 1.14. The molecule has 0 fully saturated rings. The summed E-state index contributed by atoms with van der Waals surface area (Å²) in [5.41, 5.74) is 2.57. The van der Waals surface area contributed by atoms with Gasteiger partial charge in [0.25, 0.3) is 5.91 Å². The van der Waals surface area contributed by atoms with Gasteiger partial charge in [0.15, 0.2) is 0 Å². The highest BCUT2D eigenvalue weighted by Crippen LogP contribution is 2.34. The Kier molecular flexibility index (Phi) is 4.29. The van der Waals surface area contributed by atoms with E-state index in [1.807, 2.05) is 55.5 Å². The molecule has 0 aliphatic rings. The SMILES string of the molecule is Cc1c(Cl)cccc1NC(=O)c1ccc(-c2nc3ccccc3s2)s1. The molecule has 2 aromatic carbocycles. The van der Waals surface area contributed by atoms with E-state index in [1.54, 1.807) is 11.3 Å². The number of thiazole rings is 1. The van der Waals surface area contributed by atoms with Crippen molar-refractivity contribution in [2.75, 3.05) is 5.32 Å². The number of fused-ring (bicyclic) bond motifs is 1. The molecule has 0 spiro atoms. The zero-order valence-corrected chi connectivity index (χ0v) is 15.6. The maximum atomic E-state index is 12.5. The Balaban J connectivity index is 1.60. The minimum atomic E-state index is -0.136. The number of rotatable bonds is 3. The molecule has 0 saturated heterocycles. The summed E-state index contributed by atoms with van der Waals surface area (Å²) in [4.78, 5) is 18.8. The van der Waals surface area contributed by atoms with E-state index in [1.165, 1.54) is 11.3 Å². The van der Waals surface area contributed by atoms with E-state index >= 15 is 0 Å². The molecule has 0 radical (unpaired) electrons. The number of benzene rings is 2. The van der Waals surface area contributed by atoms with E-state index in [9.17, 15) is 4.79 Å². The summed E-state index contributed by atoms with van der Waals surface area (Å²) >= 11 is 9.19. The van der Waals surface area contributed by atoms with Crippen LogP contribution in [-0.2, 0) is 0 Å². The first kappa shape index (κ1) is 16.3. The molecular formula is C19H13ClN2OS2. The number of hydrogen-bond acceptors (Lipinski definition) is 4. The van der Waals surface area contributed by atoms with Gasteiger partial charge in [-0.25, -0.2) is 4.98 Å². The Labute approximate surface area is 157 Å². The second-order valence-electron chi connectivity index (χ2n) is 5.52. The number of nitrogens with zero attached hydrogens (tertiary/aromatic N) is 1. The molecule has 0 aliphatic heterocycles. The highest BCUT2D eigenvalue weighted by Gasteiger charge is 2.14. The van der Waals surface area contributed by atoms with Gasteiger partial charge in [-0.15, -0.1) is 22.7 Å². The van der Waals surface area contributed by atoms with Gasteiger partial charge in [0.05, 0.1) is 20.0 Å². The van der Waals surface area contributed by atoms with Crippen LogP contribution in [0.2, 0.25) is 5.02 Å². The molecule has 0 unspecified atom stereocenters. The largest absolute Gasteiger partial charge is 0.321 e. The molecule has 0 bridgehead atoms. The number of thiophene rings is 1. The summed E-state index contributed by atoms with van der Waals surface area (Å²) in [6.45, 7) is 1.89. The lowest BCUT2D eigenvalue weighted by Gasteiger charge is -2.08. The third-order valence-corrected chi connectivity index (χ3v) is 6.55. The van der Waals surface area contributed by atoms with Crippen LogP contribution in [0, 0.1) is 6.92 Å². The second-order valence-corrected chi connectivity index (χ2v) is 8.04. The first-order valence-corrected chi connectivity index (χ1v) is 9.65. The number of amides is 1. The lowest BCUT2D eigenvalue weighted by Crippen LogP contribution is -2.11. The van der Waals surface area contributed by atoms with E-state index in [0.29, 0.717) is 9.90 Å². The van der Waals surface area contributed by atoms with Crippen molar-refractivity contribution < 1.29 is 4.79 Å². The molecule has 2 heterocycles. The molecule has 4 aromatic rings. The predicted octanol–water partition coefficient (Wildman–Crippen LogP) is 6.24. The van der Waals surface area contributed by atoms with Gasteiger partial charge in [-0.2, -0.15) is 0 Å². The Morgan fingerprint density at radius 3 is 2.72 bits per heavy atom. The van der Waals surface area contributed by atoms with E-state index in [0.717, 1.165) is 31.4 Å². The summed E-state index contributed by atoms with van der Waals surface area (Å²) in [5, 5.41) is 4.50. The zero-order chi connectivity index (χ0) is 17.4. The van der Waals surface area contributed by atoms with Crippen LogP contribution in [0.3, 0.4) is 0 Å². The lowest BCUT2D eigenvalue weighted by molar-refractivity contribution is 0.103. The number of halogens is 1. The van der Waals surface area contributed by atoms with Gasteiger partial charge in [-0.3, -0.25) is 4.79 Å². The molecule has 2 aromatic heterocycles. The number of hydrogen-bond donors (Lipinski definition) is 1. The molecule has 4 rings (SSSR count). The number of para-hydroxylation sites is 1. The van der Waals surface area contributed by atoms with Crippen molar-refractivity contribution in [3.8, 4) is 9.88 Å². The van der Waals surface area contributed by atoms with Crippen molar-refractivity contribution in [1.82, 2.24) is 4.98 Å². The minimum absolute atomic E-state index is 0.136. The number of aromatic nitrogens is 1. The maximum Gasteiger partial charge on any atom is 0.265 e. The zero-order valence-electron chi connectivity index (χ0n) is 13.2. The molecule has 3 nitrogen and oxygen atoms in total. The van der Waals surface area contributed by atoms with Crippen molar-refractivity contribution >= 4 is 56.1 Å². The molecule has 1 amide bonds. The average Bonchev–Trinajstić information content (AvgIpc) is 3.25. The molecule has 6 heteroatoms. The highest BCUT2D eigenvalue weighted by atomic mass is 35.5. The van der Waals surface area contributed by atoms with Crippen LogP contribution < -0.4 is 5.32 Å². The lowest BCUT2D eigenvalue weighted by atomic mass is 10.2. The van der Waals surface area contributed by atoms with Gasteiger partial charge >= 0.3 is 0 Å². The van der Waals surface area contributed by atoms with Crippen molar-refractivity contribution in [2.24, 2.45) is 0 Å². The van der Waals surface area contributed by atoms with E-state index in [2.05, 4.69) is 16.4 Å².